The molecule has 0 aliphatic heterocycles. The molecule has 0 aromatic heterocycles. The van der Waals surface area contributed by atoms with E-state index in [0.717, 1.165) is 23.3 Å². The Morgan fingerprint density at radius 3 is 2.68 bits per heavy atom. The second-order valence-corrected chi connectivity index (χ2v) is 6.23. The van der Waals surface area contributed by atoms with E-state index in [2.05, 4.69) is 5.32 Å². The highest BCUT2D eigenvalue weighted by Crippen LogP contribution is 2.69. The highest BCUT2D eigenvalue weighted by Gasteiger charge is 2.67. The van der Waals surface area contributed by atoms with Crippen LogP contribution in [0.4, 0.5) is 5.69 Å². The van der Waals surface area contributed by atoms with Crippen molar-refractivity contribution in [1.82, 2.24) is 0 Å². The van der Waals surface area contributed by atoms with Gasteiger partial charge in [0.05, 0.1) is 7.11 Å². The van der Waals surface area contributed by atoms with Crippen LogP contribution in [0.3, 0.4) is 0 Å². The second-order valence-electron chi connectivity index (χ2n) is 6.23. The summed E-state index contributed by atoms with van der Waals surface area (Å²) in [7, 11) is 1.64. The molecule has 3 aliphatic rings. The lowest BCUT2D eigenvalue weighted by molar-refractivity contribution is -0.118. The standard InChI is InChI=1S/C16H19NO2/c1-19-12-4-2-3-11(8-12)17-16(18)15-13-9-5-6-10(7-9)14(13)15/h2-4,8-10,13-15H,5-7H2,1H3,(H,17,18)/t9-,10-,13-,14-/m0/s1. The van der Waals surface area contributed by atoms with Gasteiger partial charge >= 0.3 is 0 Å². The smallest absolute Gasteiger partial charge is 0.228 e. The van der Waals surface area contributed by atoms with Crippen molar-refractivity contribution < 1.29 is 9.53 Å². The van der Waals surface area contributed by atoms with Crippen molar-refractivity contribution in [2.75, 3.05) is 12.4 Å². The molecule has 3 fully saturated rings. The maximum Gasteiger partial charge on any atom is 0.228 e. The number of methoxy groups -OCH3 is 1. The van der Waals surface area contributed by atoms with Gasteiger partial charge in [0.25, 0.3) is 0 Å². The van der Waals surface area contributed by atoms with Gasteiger partial charge in [0.2, 0.25) is 5.91 Å². The maximum absolute atomic E-state index is 12.4. The van der Waals surface area contributed by atoms with Crippen LogP contribution < -0.4 is 10.1 Å². The van der Waals surface area contributed by atoms with Crippen LogP contribution in [0.25, 0.3) is 0 Å². The van der Waals surface area contributed by atoms with E-state index in [1.54, 1.807) is 7.11 Å². The quantitative estimate of drug-likeness (QED) is 0.904. The predicted molar refractivity (Wildman–Crippen MR) is 72.9 cm³/mol. The summed E-state index contributed by atoms with van der Waals surface area (Å²) < 4.78 is 5.18. The molecule has 3 aliphatic carbocycles. The Morgan fingerprint density at radius 2 is 2.00 bits per heavy atom. The normalized spacial score (nSPS) is 37.8. The van der Waals surface area contributed by atoms with Crippen molar-refractivity contribution in [3.8, 4) is 5.75 Å². The molecule has 0 radical (unpaired) electrons. The zero-order chi connectivity index (χ0) is 13.0. The lowest BCUT2D eigenvalue weighted by Crippen LogP contribution is -2.18. The number of benzene rings is 1. The fourth-order valence-electron chi connectivity index (χ4n) is 4.60. The lowest BCUT2D eigenvalue weighted by Gasteiger charge is -2.10. The molecule has 0 unspecified atom stereocenters. The third-order valence-corrected chi connectivity index (χ3v) is 5.38. The molecule has 1 N–H and O–H groups in total. The van der Waals surface area contributed by atoms with Crippen molar-refractivity contribution in [2.45, 2.75) is 19.3 Å². The topological polar surface area (TPSA) is 38.3 Å². The molecule has 19 heavy (non-hydrogen) atoms. The van der Waals surface area contributed by atoms with Gasteiger partial charge < -0.3 is 10.1 Å². The molecule has 3 nitrogen and oxygen atoms in total. The summed E-state index contributed by atoms with van der Waals surface area (Å²) in [6.45, 7) is 0. The highest BCUT2D eigenvalue weighted by molar-refractivity contribution is 5.95. The first-order valence-corrected chi connectivity index (χ1v) is 7.23. The average molecular weight is 257 g/mol. The van der Waals surface area contributed by atoms with Crippen LogP contribution in [0, 0.1) is 29.6 Å². The van der Waals surface area contributed by atoms with E-state index in [-0.39, 0.29) is 11.8 Å². The molecule has 1 aromatic rings. The molecule has 0 heterocycles. The molecule has 0 saturated heterocycles. The van der Waals surface area contributed by atoms with E-state index in [4.69, 9.17) is 4.74 Å². The Balaban J connectivity index is 1.45. The number of fused-ring (bicyclic) bond motifs is 5. The van der Waals surface area contributed by atoms with Crippen LogP contribution in [0.1, 0.15) is 19.3 Å². The van der Waals surface area contributed by atoms with Gasteiger partial charge in [0.1, 0.15) is 5.75 Å². The van der Waals surface area contributed by atoms with Crippen molar-refractivity contribution in [1.29, 1.82) is 0 Å². The maximum atomic E-state index is 12.4. The average Bonchev–Trinajstić information content (AvgIpc) is 2.88. The van der Waals surface area contributed by atoms with E-state index in [1.807, 2.05) is 24.3 Å². The fourth-order valence-corrected chi connectivity index (χ4v) is 4.60. The van der Waals surface area contributed by atoms with E-state index in [1.165, 1.54) is 19.3 Å². The zero-order valence-corrected chi connectivity index (χ0v) is 11.1. The summed E-state index contributed by atoms with van der Waals surface area (Å²) in [5, 5.41) is 3.06. The van der Waals surface area contributed by atoms with Crippen LogP contribution in [0.15, 0.2) is 24.3 Å². The minimum absolute atomic E-state index is 0.222. The first kappa shape index (κ1) is 11.3. The van der Waals surface area contributed by atoms with Crippen LogP contribution in [-0.2, 0) is 4.79 Å². The number of anilines is 1. The summed E-state index contributed by atoms with van der Waals surface area (Å²) in [5.41, 5.74) is 0.849. The van der Waals surface area contributed by atoms with Crippen molar-refractivity contribution in [2.24, 2.45) is 29.6 Å². The van der Waals surface area contributed by atoms with Crippen molar-refractivity contribution >= 4 is 11.6 Å². The second kappa shape index (κ2) is 3.99. The van der Waals surface area contributed by atoms with Crippen molar-refractivity contribution in [3.05, 3.63) is 24.3 Å². The molecule has 100 valence electrons. The lowest BCUT2D eigenvalue weighted by atomic mass is 10.0. The third kappa shape index (κ3) is 1.67. The number of carbonyl (C=O) groups is 1. The van der Waals surface area contributed by atoms with E-state index >= 15 is 0 Å². The van der Waals surface area contributed by atoms with Gasteiger partial charge in [-0.2, -0.15) is 0 Å². The molecular weight excluding hydrogens is 238 g/mol. The van der Waals surface area contributed by atoms with Crippen LogP contribution >= 0.6 is 0 Å². The van der Waals surface area contributed by atoms with E-state index < -0.39 is 0 Å². The Kier molecular flexibility index (Phi) is 2.38. The van der Waals surface area contributed by atoms with Crippen LogP contribution in [0.2, 0.25) is 0 Å². The van der Waals surface area contributed by atoms with E-state index in [9.17, 15) is 4.79 Å². The zero-order valence-electron chi connectivity index (χ0n) is 11.1. The van der Waals surface area contributed by atoms with E-state index in [0.29, 0.717) is 11.8 Å². The molecule has 1 aromatic carbocycles. The highest BCUT2D eigenvalue weighted by atomic mass is 16.5. The molecule has 3 heteroatoms. The fraction of sp³-hybridized carbons (Fsp3) is 0.562. The van der Waals surface area contributed by atoms with Gasteiger partial charge in [-0.3, -0.25) is 4.79 Å². The number of amides is 1. The van der Waals surface area contributed by atoms with Gasteiger partial charge in [0.15, 0.2) is 0 Å². The number of rotatable bonds is 3. The molecule has 2 bridgehead atoms. The molecule has 4 rings (SSSR count). The summed E-state index contributed by atoms with van der Waals surface area (Å²) in [5.74, 6) is 4.38. The van der Waals surface area contributed by atoms with Crippen LogP contribution in [-0.4, -0.2) is 13.0 Å². The SMILES string of the molecule is COc1cccc(NC(=O)C2[C@H]3[C@H]4CC[C@@H](C4)[C@H]23)c1. The minimum atomic E-state index is 0.222. The Labute approximate surface area is 113 Å². The number of ether oxygens (including phenoxy) is 1. The first-order chi connectivity index (χ1) is 9.28. The molecule has 1 amide bonds. The molecular formula is C16H19NO2. The van der Waals surface area contributed by atoms with Crippen LogP contribution in [0.5, 0.6) is 5.75 Å². The molecule has 3 saturated carbocycles. The number of nitrogens with one attached hydrogen (secondary N) is 1. The third-order valence-electron chi connectivity index (χ3n) is 5.38. The van der Waals surface area contributed by atoms with Gasteiger partial charge in [-0.1, -0.05) is 6.07 Å². The van der Waals surface area contributed by atoms with Gasteiger partial charge in [-0.15, -0.1) is 0 Å². The largest absolute Gasteiger partial charge is 0.497 e. The summed E-state index contributed by atoms with van der Waals surface area (Å²) in [4.78, 5) is 12.4. The number of hydrogen-bond acceptors (Lipinski definition) is 2. The van der Waals surface area contributed by atoms with Crippen molar-refractivity contribution in [3.63, 3.8) is 0 Å². The predicted octanol–water partition coefficient (Wildman–Crippen LogP) is 2.93. The van der Waals surface area contributed by atoms with Gasteiger partial charge in [0, 0.05) is 17.7 Å². The van der Waals surface area contributed by atoms with Gasteiger partial charge in [-0.05, 0) is 55.1 Å². The molecule has 4 atom stereocenters. The number of hydrogen-bond donors (Lipinski definition) is 1. The summed E-state index contributed by atoms with van der Waals surface area (Å²) in [6, 6.07) is 7.60. The Morgan fingerprint density at radius 1 is 1.26 bits per heavy atom. The Hall–Kier alpha value is -1.51. The number of carbonyl (C=O) groups excluding carboxylic acids is 1. The summed E-state index contributed by atoms with van der Waals surface area (Å²) in [6.07, 6.45) is 4.10. The van der Waals surface area contributed by atoms with Gasteiger partial charge in [-0.25, -0.2) is 0 Å². The minimum Gasteiger partial charge on any atom is -0.497 e. The molecule has 0 spiro atoms. The summed E-state index contributed by atoms with van der Waals surface area (Å²) >= 11 is 0. The first-order valence-electron chi connectivity index (χ1n) is 7.23. The monoisotopic (exact) mass is 257 g/mol. The Bertz CT molecular complexity index is 511.